The molecular weight excluding hydrogens is 174 g/mol. The highest BCUT2D eigenvalue weighted by molar-refractivity contribution is 7.99. The monoisotopic (exact) mass is 183 g/mol. The van der Waals surface area contributed by atoms with Gasteiger partial charge in [0.15, 0.2) is 0 Å². The molecule has 0 saturated carbocycles. The molecule has 64 valence electrons. The maximum atomic E-state index is 9.15. The first kappa shape index (κ1) is 8.99. The second-order valence-corrected chi connectivity index (χ2v) is 3.09. The van der Waals surface area contributed by atoms with E-state index in [9.17, 15) is 0 Å². The van der Waals surface area contributed by atoms with Crippen molar-refractivity contribution >= 4 is 11.8 Å². The van der Waals surface area contributed by atoms with E-state index in [0.717, 1.165) is 0 Å². The van der Waals surface area contributed by atoms with Crippen LogP contribution in [0.1, 0.15) is 5.69 Å². The molecule has 1 N–H and O–H groups in total. The Morgan fingerprint density at radius 2 is 2.33 bits per heavy atom. The Bertz CT molecular complexity index is 290. The first-order valence-electron chi connectivity index (χ1n) is 3.38. The molecule has 0 bridgehead atoms. The molecule has 0 atom stereocenters. The van der Waals surface area contributed by atoms with E-state index >= 15 is 0 Å². The standard InChI is InChI=1S/C7H9N3OS/c1-3-4-12-7-8-6(11)5(2)9-10-7/h3H,1,4H2,2H3,(H,8,10,11). The summed E-state index contributed by atoms with van der Waals surface area (Å²) in [4.78, 5) is 3.81. The van der Waals surface area contributed by atoms with E-state index in [1.807, 2.05) is 0 Å². The van der Waals surface area contributed by atoms with E-state index in [-0.39, 0.29) is 5.88 Å². The summed E-state index contributed by atoms with van der Waals surface area (Å²) >= 11 is 1.38. The smallest absolute Gasteiger partial charge is 0.237 e. The van der Waals surface area contributed by atoms with E-state index in [4.69, 9.17) is 5.11 Å². The first-order valence-corrected chi connectivity index (χ1v) is 4.36. The van der Waals surface area contributed by atoms with Crippen LogP contribution in [0.2, 0.25) is 0 Å². The van der Waals surface area contributed by atoms with Gasteiger partial charge in [-0.3, -0.25) is 0 Å². The third-order valence-corrected chi connectivity index (χ3v) is 1.97. The fraction of sp³-hybridized carbons (Fsp3) is 0.286. The second kappa shape index (κ2) is 4.06. The number of hydrogen-bond acceptors (Lipinski definition) is 5. The number of thioether (sulfide) groups is 1. The van der Waals surface area contributed by atoms with Gasteiger partial charge < -0.3 is 5.11 Å². The molecule has 0 aliphatic heterocycles. The van der Waals surface area contributed by atoms with Crippen molar-refractivity contribution in [3.63, 3.8) is 0 Å². The van der Waals surface area contributed by atoms with Crippen molar-refractivity contribution in [1.29, 1.82) is 0 Å². The van der Waals surface area contributed by atoms with Gasteiger partial charge in [0.25, 0.3) is 0 Å². The van der Waals surface area contributed by atoms with E-state index in [1.54, 1.807) is 13.0 Å². The molecule has 1 rings (SSSR count). The molecule has 0 aliphatic carbocycles. The number of nitrogens with zero attached hydrogens (tertiary/aromatic N) is 3. The molecule has 0 aromatic carbocycles. The van der Waals surface area contributed by atoms with Crippen LogP contribution in [0.4, 0.5) is 0 Å². The number of aryl methyl sites for hydroxylation is 1. The van der Waals surface area contributed by atoms with Crippen molar-refractivity contribution < 1.29 is 5.11 Å². The molecule has 0 saturated heterocycles. The predicted molar refractivity (Wildman–Crippen MR) is 47.1 cm³/mol. The van der Waals surface area contributed by atoms with Gasteiger partial charge in [-0.1, -0.05) is 17.8 Å². The Balaban J connectivity index is 2.75. The third kappa shape index (κ3) is 2.20. The number of hydrogen-bond donors (Lipinski definition) is 1. The Kier molecular flexibility index (Phi) is 3.04. The van der Waals surface area contributed by atoms with E-state index in [2.05, 4.69) is 21.8 Å². The van der Waals surface area contributed by atoms with Gasteiger partial charge in [-0.2, -0.15) is 4.98 Å². The van der Waals surface area contributed by atoms with Crippen LogP contribution in [-0.2, 0) is 0 Å². The average Bonchev–Trinajstić information content (AvgIpc) is 2.07. The lowest BCUT2D eigenvalue weighted by molar-refractivity contribution is 0.432. The van der Waals surface area contributed by atoms with Gasteiger partial charge in [0.05, 0.1) is 0 Å². The predicted octanol–water partition coefficient (Wildman–Crippen LogP) is 1.16. The summed E-state index contributed by atoms with van der Waals surface area (Å²) in [5.41, 5.74) is 0.443. The van der Waals surface area contributed by atoms with Crippen LogP contribution < -0.4 is 0 Å². The summed E-state index contributed by atoms with van der Waals surface area (Å²) in [6, 6.07) is 0. The molecule has 1 aromatic heterocycles. The summed E-state index contributed by atoms with van der Waals surface area (Å²) in [6.45, 7) is 5.21. The van der Waals surface area contributed by atoms with Crippen molar-refractivity contribution in [2.45, 2.75) is 12.1 Å². The first-order chi connectivity index (χ1) is 5.74. The summed E-state index contributed by atoms with van der Waals surface area (Å²) in [6.07, 6.45) is 1.74. The van der Waals surface area contributed by atoms with Gasteiger partial charge in [0, 0.05) is 5.75 Å². The van der Waals surface area contributed by atoms with Crippen LogP contribution in [0.5, 0.6) is 5.88 Å². The minimum absolute atomic E-state index is 0.0587. The Labute approximate surface area is 74.7 Å². The van der Waals surface area contributed by atoms with Crippen LogP contribution >= 0.6 is 11.8 Å². The topological polar surface area (TPSA) is 58.9 Å². The number of rotatable bonds is 3. The molecule has 0 spiro atoms. The molecule has 0 fully saturated rings. The van der Waals surface area contributed by atoms with E-state index in [0.29, 0.717) is 16.6 Å². The van der Waals surface area contributed by atoms with Gasteiger partial charge in [0.2, 0.25) is 11.0 Å². The van der Waals surface area contributed by atoms with Crippen LogP contribution in [0.25, 0.3) is 0 Å². The van der Waals surface area contributed by atoms with E-state index in [1.165, 1.54) is 11.8 Å². The summed E-state index contributed by atoms with van der Waals surface area (Å²) in [5.74, 6) is 0.654. The minimum Gasteiger partial charge on any atom is -0.492 e. The molecule has 0 unspecified atom stereocenters. The summed E-state index contributed by atoms with van der Waals surface area (Å²) in [5, 5.41) is 17.1. The Morgan fingerprint density at radius 3 is 2.92 bits per heavy atom. The molecular formula is C7H9N3OS. The summed E-state index contributed by atoms with van der Waals surface area (Å²) in [7, 11) is 0. The molecule has 0 amide bonds. The zero-order chi connectivity index (χ0) is 8.97. The quantitative estimate of drug-likeness (QED) is 0.563. The zero-order valence-electron chi connectivity index (χ0n) is 6.69. The molecule has 5 heteroatoms. The average molecular weight is 183 g/mol. The largest absolute Gasteiger partial charge is 0.492 e. The van der Waals surface area contributed by atoms with Gasteiger partial charge in [-0.15, -0.1) is 16.8 Å². The van der Waals surface area contributed by atoms with Crippen molar-refractivity contribution in [1.82, 2.24) is 15.2 Å². The molecule has 12 heavy (non-hydrogen) atoms. The highest BCUT2D eigenvalue weighted by Gasteiger charge is 2.02. The lowest BCUT2D eigenvalue weighted by atomic mass is 10.5. The van der Waals surface area contributed by atoms with Crippen LogP contribution in [-0.4, -0.2) is 26.0 Å². The van der Waals surface area contributed by atoms with Crippen LogP contribution in [0.3, 0.4) is 0 Å². The normalized spacial score (nSPS) is 9.75. The maximum absolute atomic E-state index is 9.15. The number of aromatic hydroxyl groups is 1. The molecule has 1 aromatic rings. The fourth-order valence-electron chi connectivity index (χ4n) is 0.551. The highest BCUT2D eigenvalue weighted by atomic mass is 32.2. The second-order valence-electron chi connectivity index (χ2n) is 2.10. The zero-order valence-corrected chi connectivity index (χ0v) is 7.51. The Hall–Kier alpha value is -1.10. The van der Waals surface area contributed by atoms with Gasteiger partial charge >= 0.3 is 0 Å². The van der Waals surface area contributed by atoms with Gasteiger partial charge in [-0.25, -0.2) is 0 Å². The van der Waals surface area contributed by atoms with Gasteiger partial charge in [-0.05, 0) is 6.92 Å². The van der Waals surface area contributed by atoms with Crippen molar-refractivity contribution in [3.8, 4) is 5.88 Å². The fourth-order valence-corrected chi connectivity index (χ4v) is 1.07. The molecule has 1 heterocycles. The maximum Gasteiger partial charge on any atom is 0.237 e. The highest BCUT2D eigenvalue weighted by Crippen LogP contribution is 2.15. The Morgan fingerprint density at radius 1 is 1.58 bits per heavy atom. The SMILES string of the molecule is C=CCSc1nnc(C)c(O)n1. The minimum atomic E-state index is -0.0587. The molecule has 0 aliphatic rings. The molecule has 0 radical (unpaired) electrons. The number of aromatic nitrogens is 3. The van der Waals surface area contributed by atoms with Crippen LogP contribution in [0, 0.1) is 6.92 Å². The van der Waals surface area contributed by atoms with Crippen molar-refractivity contribution in [3.05, 3.63) is 18.3 Å². The summed E-state index contributed by atoms with van der Waals surface area (Å²) < 4.78 is 0. The van der Waals surface area contributed by atoms with Crippen molar-refractivity contribution in [2.75, 3.05) is 5.75 Å². The third-order valence-electron chi connectivity index (χ3n) is 1.14. The lowest BCUT2D eigenvalue weighted by Crippen LogP contribution is -1.94. The molecule has 4 nitrogen and oxygen atoms in total. The lowest BCUT2D eigenvalue weighted by Gasteiger charge is -1.97. The van der Waals surface area contributed by atoms with Crippen LogP contribution in [0.15, 0.2) is 17.8 Å². The van der Waals surface area contributed by atoms with E-state index < -0.39 is 0 Å². The van der Waals surface area contributed by atoms with Gasteiger partial charge in [0.1, 0.15) is 5.69 Å². The van der Waals surface area contributed by atoms with Crippen molar-refractivity contribution in [2.24, 2.45) is 0 Å².